The fourth-order valence-electron chi connectivity index (χ4n) is 2.25. The molecule has 122 valence electrons. The topological polar surface area (TPSA) is 46.9 Å². The number of thioether (sulfide) groups is 1. The van der Waals surface area contributed by atoms with Crippen LogP contribution in [0.3, 0.4) is 0 Å². The summed E-state index contributed by atoms with van der Waals surface area (Å²) in [4.78, 5) is 16.3. The second-order valence-corrected chi connectivity index (χ2v) is 6.58. The highest BCUT2D eigenvalue weighted by molar-refractivity contribution is 7.99. The number of carbonyl (C=O) groups excluding carboxylic acids is 1. The first-order valence-electron chi connectivity index (χ1n) is 7.42. The zero-order chi connectivity index (χ0) is 16.8. The third-order valence-corrected chi connectivity index (χ3v) is 4.58. The number of benzene rings is 1. The highest BCUT2D eigenvalue weighted by Crippen LogP contribution is 2.25. The minimum atomic E-state index is -0.0420. The summed E-state index contributed by atoms with van der Waals surface area (Å²) in [5.74, 6) is 1.09. The molecular formula is C18H16ClN3OS. The summed E-state index contributed by atoms with van der Waals surface area (Å²) >= 11 is 7.64. The molecule has 1 N–H and O–H groups in total. The Morgan fingerprint density at radius 3 is 2.79 bits per heavy atom. The predicted octanol–water partition coefficient (Wildman–Crippen LogP) is 4.40. The second-order valence-electron chi connectivity index (χ2n) is 5.15. The van der Waals surface area contributed by atoms with Crippen molar-refractivity contribution in [2.24, 2.45) is 0 Å². The van der Waals surface area contributed by atoms with Crippen LogP contribution >= 0.6 is 23.4 Å². The first-order valence-corrected chi connectivity index (χ1v) is 8.95. The SMILES string of the molecule is O=C(CSCc1cccnc1)Nc1ccc(Cl)cc1-n1cccc1. The Hall–Kier alpha value is -2.24. The van der Waals surface area contributed by atoms with Crippen LogP contribution in [0.15, 0.2) is 67.3 Å². The Bertz CT molecular complexity index is 806. The van der Waals surface area contributed by atoms with E-state index in [0.29, 0.717) is 10.8 Å². The van der Waals surface area contributed by atoms with Gasteiger partial charge in [0.15, 0.2) is 0 Å². The lowest BCUT2D eigenvalue weighted by Crippen LogP contribution is -2.15. The number of aromatic nitrogens is 2. The molecule has 0 aliphatic rings. The lowest BCUT2D eigenvalue weighted by Gasteiger charge is -2.12. The van der Waals surface area contributed by atoms with E-state index in [1.165, 1.54) is 0 Å². The van der Waals surface area contributed by atoms with Gasteiger partial charge in [-0.05, 0) is 42.0 Å². The van der Waals surface area contributed by atoms with Crippen molar-refractivity contribution in [3.05, 3.63) is 77.8 Å². The van der Waals surface area contributed by atoms with Crippen molar-refractivity contribution < 1.29 is 4.79 Å². The Morgan fingerprint density at radius 1 is 1.21 bits per heavy atom. The molecule has 0 atom stereocenters. The number of carbonyl (C=O) groups is 1. The van der Waals surface area contributed by atoms with Crippen molar-refractivity contribution >= 4 is 35.0 Å². The Labute approximate surface area is 149 Å². The molecule has 0 fully saturated rings. The molecule has 0 aliphatic carbocycles. The number of pyridine rings is 1. The molecule has 0 spiro atoms. The standard InChI is InChI=1S/C18H16ClN3OS/c19-15-5-6-16(17(10-15)22-8-1-2-9-22)21-18(23)13-24-12-14-4-3-7-20-11-14/h1-11H,12-13H2,(H,21,23). The minimum Gasteiger partial charge on any atom is -0.324 e. The van der Waals surface area contributed by atoms with Crippen LogP contribution in [0.5, 0.6) is 0 Å². The summed E-state index contributed by atoms with van der Waals surface area (Å²) in [5, 5.41) is 3.58. The van der Waals surface area contributed by atoms with Crippen molar-refractivity contribution in [2.45, 2.75) is 5.75 Å². The van der Waals surface area contributed by atoms with Gasteiger partial charge in [0.05, 0.1) is 17.1 Å². The molecule has 1 amide bonds. The first-order chi connectivity index (χ1) is 11.7. The lowest BCUT2D eigenvalue weighted by atomic mass is 10.2. The summed E-state index contributed by atoms with van der Waals surface area (Å²) in [7, 11) is 0. The molecule has 2 heterocycles. The maximum atomic E-state index is 12.2. The average Bonchev–Trinajstić information content (AvgIpc) is 3.12. The molecule has 0 radical (unpaired) electrons. The third-order valence-electron chi connectivity index (χ3n) is 3.34. The van der Waals surface area contributed by atoms with Gasteiger partial charge in [-0.2, -0.15) is 0 Å². The van der Waals surface area contributed by atoms with Crippen molar-refractivity contribution in [2.75, 3.05) is 11.1 Å². The lowest BCUT2D eigenvalue weighted by molar-refractivity contribution is -0.113. The van der Waals surface area contributed by atoms with Crippen molar-refractivity contribution in [1.82, 2.24) is 9.55 Å². The number of hydrogen-bond donors (Lipinski definition) is 1. The van der Waals surface area contributed by atoms with Gasteiger partial charge in [-0.15, -0.1) is 11.8 Å². The number of nitrogens with one attached hydrogen (secondary N) is 1. The van der Waals surface area contributed by atoms with Gasteiger partial charge in [-0.25, -0.2) is 0 Å². The molecule has 4 nitrogen and oxygen atoms in total. The molecule has 3 aromatic rings. The van der Waals surface area contributed by atoms with Gasteiger partial charge in [0.25, 0.3) is 0 Å². The quantitative estimate of drug-likeness (QED) is 0.711. The molecule has 6 heteroatoms. The van der Waals surface area contributed by atoms with Gasteiger partial charge in [0, 0.05) is 35.6 Å². The van der Waals surface area contributed by atoms with Crippen LogP contribution in [0.1, 0.15) is 5.56 Å². The number of nitrogens with zero attached hydrogens (tertiary/aromatic N) is 2. The van der Waals surface area contributed by atoms with Gasteiger partial charge in [0.1, 0.15) is 0 Å². The summed E-state index contributed by atoms with van der Waals surface area (Å²) in [6, 6.07) is 13.2. The van der Waals surface area contributed by atoms with Crippen LogP contribution in [0.25, 0.3) is 5.69 Å². The van der Waals surface area contributed by atoms with Crippen LogP contribution in [0, 0.1) is 0 Å². The van der Waals surface area contributed by atoms with E-state index in [0.717, 1.165) is 22.7 Å². The highest BCUT2D eigenvalue weighted by Gasteiger charge is 2.09. The smallest absolute Gasteiger partial charge is 0.234 e. The van der Waals surface area contributed by atoms with Crippen LogP contribution in [0.4, 0.5) is 5.69 Å². The normalized spacial score (nSPS) is 10.5. The molecule has 0 saturated carbocycles. The fraction of sp³-hybridized carbons (Fsp3) is 0.111. The van der Waals surface area contributed by atoms with E-state index >= 15 is 0 Å². The number of halogens is 1. The summed E-state index contributed by atoms with van der Waals surface area (Å²) in [6.45, 7) is 0. The van der Waals surface area contributed by atoms with Crippen LogP contribution in [0.2, 0.25) is 5.02 Å². The first kappa shape index (κ1) is 16.6. The Morgan fingerprint density at radius 2 is 2.04 bits per heavy atom. The third kappa shape index (κ3) is 4.40. The van der Waals surface area contributed by atoms with Crippen molar-refractivity contribution in [3.63, 3.8) is 0 Å². The maximum absolute atomic E-state index is 12.2. The average molecular weight is 358 g/mol. The van der Waals surface area contributed by atoms with Gasteiger partial charge in [0.2, 0.25) is 5.91 Å². The van der Waals surface area contributed by atoms with Crippen molar-refractivity contribution in [1.29, 1.82) is 0 Å². The minimum absolute atomic E-state index is 0.0420. The summed E-state index contributed by atoms with van der Waals surface area (Å²) < 4.78 is 1.92. The second kappa shape index (κ2) is 8.04. The molecule has 1 aromatic carbocycles. The molecule has 0 bridgehead atoms. The predicted molar refractivity (Wildman–Crippen MR) is 99.8 cm³/mol. The molecule has 24 heavy (non-hydrogen) atoms. The van der Waals surface area contributed by atoms with Crippen molar-refractivity contribution in [3.8, 4) is 5.69 Å². The number of anilines is 1. The van der Waals surface area contributed by atoms with Crippen LogP contribution < -0.4 is 5.32 Å². The molecular weight excluding hydrogens is 342 g/mol. The van der Waals surface area contributed by atoms with E-state index in [9.17, 15) is 4.79 Å². The maximum Gasteiger partial charge on any atom is 0.234 e. The molecule has 2 aromatic heterocycles. The highest BCUT2D eigenvalue weighted by atomic mass is 35.5. The van der Waals surface area contributed by atoms with E-state index in [2.05, 4.69) is 10.3 Å². The fourth-order valence-corrected chi connectivity index (χ4v) is 3.18. The molecule has 0 aliphatic heterocycles. The molecule has 3 rings (SSSR count). The summed E-state index contributed by atoms with van der Waals surface area (Å²) in [5.41, 5.74) is 2.69. The van der Waals surface area contributed by atoms with Crippen LogP contribution in [-0.2, 0) is 10.5 Å². The largest absolute Gasteiger partial charge is 0.324 e. The van der Waals surface area contributed by atoms with E-state index in [4.69, 9.17) is 11.6 Å². The van der Waals surface area contributed by atoms with E-state index < -0.39 is 0 Å². The Kier molecular flexibility index (Phi) is 5.56. The number of hydrogen-bond acceptors (Lipinski definition) is 3. The van der Waals surface area contributed by atoms with E-state index in [1.807, 2.05) is 59.6 Å². The summed E-state index contributed by atoms with van der Waals surface area (Å²) in [6.07, 6.45) is 7.38. The van der Waals surface area contributed by atoms with Gasteiger partial charge in [-0.1, -0.05) is 17.7 Å². The monoisotopic (exact) mass is 357 g/mol. The number of rotatable bonds is 6. The van der Waals surface area contributed by atoms with E-state index in [-0.39, 0.29) is 5.91 Å². The zero-order valence-corrected chi connectivity index (χ0v) is 14.4. The van der Waals surface area contributed by atoms with E-state index in [1.54, 1.807) is 24.0 Å². The van der Waals surface area contributed by atoms with Crippen LogP contribution in [-0.4, -0.2) is 21.2 Å². The zero-order valence-electron chi connectivity index (χ0n) is 12.9. The van der Waals surface area contributed by atoms with Gasteiger partial charge >= 0.3 is 0 Å². The van der Waals surface area contributed by atoms with Gasteiger partial charge in [-0.3, -0.25) is 9.78 Å². The Balaban J connectivity index is 1.62. The van der Waals surface area contributed by atoms with Gasteiger partial charge < -0.3 is 9.88 Å². The number of amides is 1. The molecule has 0 unspecified atom stereocenters. The molecule has 0 saturated heterocycles.